The average Bonchev–Trinajstić information content (AvgIpc) is 2.53. The number of hydrogen-bond acceptors (Lipinski definition) is 5. The molecule has 0 aliphatic rings. The van der Waals surface area contributed by atoms with Gasteiger partial charge in [-0.25, -0.2) is 9.97 Å². The standard InChI is InChI=1S/C8H8ClN5S/c1-5-12-13-8(14(5)2)15-7-6(9)10-3-4-11-7/h3-4H,1-2H3. The summed E-state index contributed by atoms with van der Waals surface area (Å²) in [5, 5.41) is 9.70. The van der Waals surface area contributed by atoms with Gasteiger partial charge in [0, 0.05) is 19.4 Å². The SMILES string of the molecule is Cc1nnc(Sc2nccnc2Cl)n1C. The molecule has 2 heterocycles. The third-order valence-electron chi connectivity index (χ3n) is 1.86. The molecule has 0 aromatic carbocycles. The Morgan fingerprint density at radius 1 is 1.27 bits per heavy atom. The van der Waals surface area contributed by atoms with E-state index in [0.29, 0.717) is 10.2 Å². The molecule has 0 unspecified atom stereocenters. The van der Waals surface area contributed by atoms with Crippen molar-refractivity contribution in [3.63, 3.8) is 0 Å². The van der Waals surface area contributed by atoms with Crippen LogP contribution in [-0.2, 0) is 7.05 Å². The highest BCUT2D eigenvalue weighted by atomic mass is 35.5. The van der Waals surface area contributed by atoms with E-state index in [4.69, 9.17) is 11.6 Å². The summed E-state index contributed by atoms with van der Waals surface area (Å²) in [6.45, 7) is 1.88. The molecule has 0 aliphatic carbocycles. The Kier molecular flexibility index (Phi) is 2.88. The topological polar surface area (TPSA) is 56.5 Å². The second-order valence-electron chi connectivity index (χ2n) is 2.84. The van der Waals surface area contributed by atoms with Crippen molar-refractivity contribution >= 4 is 23.4 Å². The molecule has 0 aliphatic heterocycles. The Morgan fingerprint density at radius 3 is 2.60 bits per heavy atom. The highest BCUT2D eigenvalue weighted by Gasteiger charge is 2.10. The predicted molar refractivity (Wildman–Crippen MR) is 56.9 cm³/mol. The zero-order valence-electron chi connectivity index (χ0n) is 8.18. The summed E-state index contributed by atoms with van der Waals surface area (Å²) in [6.07, 6.45) is 3.14. The molecule has 7 heteroatoms. The van der Waals surface area contributed by atoms with Gasteiger partial charge in [-0.15, -0.1) is 10.2 Å². The van der Waals surface area contributed by atoms with Crippen LogP contribution >= 0.6 is 23.4 Å². The maximum Gasteiger partial charge on any atom is 0.197 e. The van der Waals surface area contributed by atoms with Gasteiger partial charge >= 0.3 is 0 Å². The monoisotopic (exact) mass is 241 g/mol. The van der Waals surface area contributed by atoms with Crippen LogP contribution in [0.15, 0.2) is 22.6 Å². The molecule has 15 heavy (non-hydrogen) atoms. The van der Waals surface area contributed by atoms with Crippen molar-refractivity contribution in [3.05, 3.63) is 23.4 Å². The van der Waals surface area contributed by atoms with Crippen LogP contribution in [0.25, 0.3) is 0 Å². The van der Waals surface area contributed by atoms with Gasteiger partial charge in [0.1, 0.15) is 10.9 Å². The molecule has 0 bridgehead atoms. The molecular weight excluding hydrogens is 234 g/mol. The second kappa shape index (κ2) is 4.16. The van der Waals surface area contributed by atoms with Crippen LogP contribution in [-0.4, -0.2) is 24.7 Å². The molecule has 2 aromatic heterocycles. The molecule has 0 spiro atoms. The van der Waals surface area contributed by atoms with Crippen LogP contribution in [0.2, 0.25) is 5.15 Å². The fourth-order valence-electron chi connectivity index (χ4n) is 0.940. The lowest BCUT2D eigenvalue weighted by atomic mass is 10.7. The first-order chi connectivity index (χ1) is 7.18. The highest BCUT2D eigenvalue weighted by molar-refractivity contribution is 7.99. The third kappa shape index (κ3) is 2.10. The quantitative estimate of drug-likeness (QED) is 0.801. The largest absolute Gasteiger partial charge is 0.309 e. The zero-order chi connectivity index (χ0) is 10.8. The van der Waals surface area contributed by atoms with Crippen LogP contribution in [0.4, 0.5) is 0 Å². The Bertz CT molecular complexity index is 484. The van der Waals surface area contributed by atoms with E-state index in [0.717, 1.165) is 11.0 Å². The summed E-state index contributed by atoms with van der Waals surface area (Å²) < 4.78 is 1.87. The number of aryl methyl sites for hydroxylation is 1. The van der Waals surface area contributed by atoms with Crippen LogP contribution in [0.1, 0.15) is 5.82 Å². The maximum absolute atomic E-state index is 5.88. The molecule has 0 fully saturated rings. The first-order valence-corrected chi connectivity index (χ1v) is 5.38. The van der Waals surface area contributed by atoms with E-state index in [1.165, 1.54) is 11.8 Å². The molecule has 0 saturated heterocycles. The van der Waals surface area contributed by atoms with E-state index in [1.54, 1.807) is 12.4 Å². The first kappa shape index (κ1) is 10.4. The molecule has 0 radical (unpaired) electrons. The van der Waals surface area contributed by atoms with Gasteiger partial charge in [-0.05, 0) is 18.7 Å². The molecule has 0 amide bonds. The van der Waals surface area contributed by atoms with Gasteiger partial charge in [-0.3, -0.25) is 0 Å². The minimum atomic E-state index is 0.378. The maximum atomic E-state index is 5.88. The van der Waals surface area contributed by atoms with Crippen LogP contribution in [0.5, 0.6) is 0 Å². The number of aromatic nitrogens is 5. The van der Waals surface area contributed by atoms with Crippen molar-refractivity contribution in [1.29, 1.82) is 0 Å². The number of rotatable bonds is 2. The van der Waals surface area contributed by atoms with Gasteiger partial charge in [-0.2, -0.15) is 0 Å². The van der Waals surface area contributed by atoms with Gasteiger partial charge < -0.3 is 4.57 Å². The molecule has 0 saturated carbocycles. The summed E-state index contributed by atoms with van der Waals surface area (Å²) in [5.74, 6) is 0.845. The molecule has 5 nitrogen and oxygen atoms in total. The molecule has 0 atom stereocenters. The minimum Gasteiger partial charge on any atom is -0.309 e. The van der Waals surface area contributed by atoms with Gasteiger partial charge in [0.25, 0.3) is 0 Å². The zero-order valence-corrected chi connectivity index (χ0v) is 9.75. The van der Waals surface area contributed by atoms with Gasteiger partial charge in [0.2, 0.25) is 0 Å². The van der Waals surface area contributed by atoms with Crippen molar-refractivity contribution in [1.82, 2.24) is 24.7 Å². The van der Waals surface area contributed by atoms with Crippen molar-refractivity contribution in [2.24, 2.45) is 7.05 Å². The average molecular weight is 242 g/mol. The molecule has 0 N–H and O–H groups in total. The molecular formula is C8H8ClN5S. The van der Waals surface area contributed by atoms with Crippen molar-refractivity contribution in [3.8, 4) is 0 Å². The normalized spacial score (nSPS) is 10.6. The van der Waals surface area contributed by atoms with Crippen molar-refractivity contribution in [2.45, 2.75) is 17.1 Å². The number of nitrogens with zero attached hydrogens (tertiary/aromatic N) is 5. The van der Waals surface area contributed by atoms with E-state index in [-0.39, 0.29) is 0 Å². The Balaban J connectivity index is 2.30. The molecule has 2 aromatic rings. The Morgan fingerprint density at radius 2 is 2.00 bits per heavy atom. The highest BCUT2D eigenvalue weighted by Crippen LogP contribution is 2.28. The summed E-state index contributed by atoms with van der Waals surface area (Å²) in [7, 11) is 1.89. The lowest BCUT2D eigenvalue weighted by Crippen LogP contribution is -1.94. The number of halogens is 1. The van der Waals surface area contributed by atoms with E-state index >= 15 is 0 Å². The Hall–Kier alpha value is -1.14. The fraction of sp³-hybridized carbons (Fsp3) is 0.250. The third-order valence-corrected chi connectivity index (χ3v) is 3.28. The smallest absolute Gasteiger partial charge is 0.197 e. The Labute approximate surface area is 95.9 Å². The summed E-state index contributed by atoms with van der Waals surface area (Å²) in [4.78, 5) is 8.05. The lowest BCUT2D eigenvalue weighted by molar-refractivity contribution is 0.764. The number of hydrogen-bond donors (Lipinski definition) is 0. The van der Waals surface area contributed by atoms with Crippen LogP contribution in [0, 0.1) is 6.92 Å². The minimum absolute atomic E-state index is 0.378. The van der Waals surface area contributed by atoms with Crippen molar-refractivity contribution < 1.29 is 0 Å². The van der Waals surface area contributed by atoms with Gasteiger partial charge in [-0.1, -0.05) is 11.6 Å². The van der Waals surface area contributed by atoms with Crippen LogP contribution in [0.3, 0.4) is 0 Å². The fourth-order valence-corrected chi connectivity index (χ4v) is 1.93. The van der Waals surface area contributed by atoms with Crippen molar-refractivity contribution in [2.75, 3.05) is 0 Å². The molecule has 78 valence electrons. The van der Waals surface area contributed by atoms with Gasteiger partial charge in [0.15, 0.2) is 10.3 Å². The first-order valence-electron chi connectivity index (χ1n) is 4.19. The van der Waals surface area contributed by atoms with Gasteiger partial charge in [0.05, 0.1) is 0 Å². The van der Waals surface area contributed by atoms with Crippen LogP contribution < -0.4 is 0 Å². The van der Waals surface area contributed by atoms with E-state index in [2.05, 4.69) is 20.2 Å². The molecule has 2 rings (SSSR count). The van der Waals surface area contributed by atoms with E-state index in [9.17, 15) is 0 Å². The summed E-state index contributed by atoms with van der Waals surface area (Å²) >= 11 is 7.23. The lowest BCUT2D eigenvalue weighted by Gasteiger charge is -2.01. The predicted octanol–water partition coefficient (Wildman–Crippen LogP) is 1.72. The summed E-state index contributed by atoms with van der Waals surface area (Å²) in [5.41, 5.74) is 0. The van der Waals surface area contributed by atoms with E-state index < -0.39 is 0 Å². The second-order valence-corrected chi connectivity index (χ2v) is 4.16. The van der Waals surface area contributed by atoms with E-state index in [1.807, 2.05) is 18.5 Å². The summed E-state index contributed by atoms with van der Waals surface area (Å²) in [6, 6.07) is 0.